The lowest BCUT2D eigenvalue weighted by molar-refractivity contribution is 0.241. The Hall–Kier alpha value is -1.30. The maximum absolute atomic E-state index is 9.71. The summed E-state index contributed by atoms with van der Waals surface area (Å²) in [6.07, 6.45) is 2.73. The quantitative estimate of drug-likeness (QED) is 0.339. The molecule has 0 heterocycles. The van der Waals surface area contributed by atoms with E-state index in [1.165, 1.54) is 18.4 Å². The average molecular weight is 243 g/mol. The fourth-order valence-corrected chi connectivity index (χ4v) is 1.32. The predicted molar refractivity (Wildman–Crippen MR) is 63.5 cm³/mol. The van der Waals surface area contributed by atoms with E-state index in [-0.39, 0.29) is 0 Å². The second kappa shape index (κ2) is 6.32. The Morgan fingerprint density at radius 3 is 2.00 bits per heavy atom. The molecule has 1 aromatic rings. The molecule has 1 saturated carbocycles. The summed E-state index contributed by atoms with van der Waals surface area (Å²) in [6, 6.07) is 7.58. The van der Waals surface area contributed by atoms with Gasteiger partial charge in [-0.1, -0.05) is 23.7 Å². The van der Waals surface area contributed by atoms with Crippen molar-refractivity contribution in [3.8, 4) is 0 Å². The van der Waals surface area contributed by atoms with Crippen molar-refractivity contribution in [2.45, 2.75) is 18.8 Å². The van der Waals surface area contributed by atoms with Gasteiger partial charge in [-0.15, -0.1) is 0 Å². The zero-order valence-electron chi connectivity index (χ0n) is 8.74. The Labute approximate surface area is 99.1 Å². The molecule has 2 rings (SSSR count). The van der Waals surface area contributed by atoms with Gasteiger partial charge in [0.15, 0.2) is 0 Å². The molecule has 1 fully saturated rings. The number of nitrogens with two attached hydrogens (primary N) is 2. The van der Waals surface area contributed by atoms with Gasteiger partial charge >= 0.3 is 6.03 Å². The molecule has 0 radical (unpaired) electrons. The molecule has 16 heavy (non-hydrogen) atoms. The number of rotatable bonds is 1. The number of urea groups is 1. The molecule has 2 amide bonds. The van der Waals surface area contributed by atoms with Gasteiger partial charge < -0.3 is 0 Å². The summed E-state index contributed by atoms with van der Waals surface area (Å²) in [7, 11) is 0. The largest absolute Gasteiger partial charge is 0.343 e. The number of hydrogen-bond donors (Lipinski definition) is 4. The summed E-state index contributed by atoms with van der Waals surface area (Å²) in [6.45, 7) is 0. The van der Waals surface area contributed by atoms with E-state index in [0.717, 1.165) is 10.9 Å². The van der Waals surface area contributed by atoms with Crippen LogP contribution in [-0.4, -0.2) is 6.03 Å². The van der Waals surface area contributed by atoms with Crippen molar-refractivity contribution in [2.75, 3.05) is 0 Å². The highest BCUT2D eigenvalue weighted by atomic mass is 35.5. The maximum Gasteiger partial charge on any atom is 0.343 e. The molecule has 1 aliphatic carbocycles. The van der Waals surface area contributed by atoms with Gasteiger partial charge in [-0.3, -0.25) is 10.9 Å². The standard InChI is InChI=1S/C9H9Cl.CH6N4O/c10-9-5-3-8(4-6-9)7-1-2-7;2-4-1(6)5-3/h3-7H,1-2H2;2-3H2,(H2,4,5,6). The van der Waals surface area contributed by atoms with Gasteiger partial charge in [0, 0.05) is 5.02 Å². The number of hydrogen-bond acceptors (Lipinski definition) is 3. The molecule has 1 aliphatic rings. The van der Waals surface area contributed by atoms with Crippen LogP contribution in [0.3, 0.4) is 0 Å². The Kier molecular flexibility index (Phi) is 5.04. The molecule has 0 spiro atoms. The molecule has 0 aliphatic heterocycles. The first-order chi connectivity index (χ1) is 7.67. The molecule has 6 heteroatoms. The number of hydrazine groups is 2. The molecule has 88 valence electrons. The van der Waals surface area contributed by atoms with Crippen molar-refractivity contribution in [1.29, 1.82) is 0 Å². The van der Waals surface area contributed by atoms with E-state index in [4.69, 9.17) is 11.6 Å². The van der Waals surface area contributed by atoms with Crippen LogP contribution in [0.2, 0.25) is 5.02 Å². The van der Waals surface area contributed by atoms with Crippen LogP contribution in [-0.2, 0) is 0 Å². The van der Waals surface area contributed by atoms with Gasteiger partial charge in [0.05, 0.1) is 0 Å². The third-order valence-corrected chi connectivity index (χ3v) is 2.43. The monoisotopic (exact) mass is 242 g/mol. The maximum atomic E-state index is 9.71. The second-order valence-corrected chi connectivity index (χ2v) is 3.88. The van der Waals surface area contributed by atoms with E-state index in [1.54, 1.807) is 10.9 Å². The normalized spacial score (nSPS) is 13.4. The molecule has 0 bridgehead atoms. The number of carbonyl (C=O) groups excluding carboxylic acids is 1. The fourth-order valence-electron chi connectivity index (χ4n) is 1.19. The number of benzene rings is 1. The minimum absolute atomic E-state index is 0.602. The van der Waals surface area contributed by atoms with E-state index in [0.29, 0.717) is 0 Å². The van der Waals surface area contributed by atoms with Gasteiger partial charge in [-0.25, -0.2) is 16.5 Å². The zero-order valence-corrected chi connectivity index (χ0v) is 9.50. The lowest BCUT2D eigenvalue weighted by atomic mass is 10.1. The first kappa shape index (κ1) is 12.8. The van der Waals surface area contributed by atoms with Gasteiger partial charge in [-0.05, 0) is 36.5 Å². The fraction of sp³-hybridized carbons (Fsp3) is 0.300. The van der Waals surface area contributed by atoms with Crippen LogP contribution in [0.25, 0.3) is 0 Å². The molecule has 0 unspecified atom stereocenters. The van der Waals surface area contributed by atoms with E-state index >= 15 is 0 Å². The summed E-state index contributed by atoms with van der Waals surface area (Å²) in [4.78, 5) is 9.71. The smallest absolute Gasteiger partial charge is 0.275 e. The van der Waals surface area contributed by atoms with Crippen molar-refractivity contribution in [3.05, 3.63) is 34.9 Å². The minimum Gasteiger partial charge on any atom is -0.275 e. The van der Waals surface area contributed by atoms with Crippen LogP contribution >= 0.6 is 11.6 Å². The third-order valence-electron chi connectivity index (χ3n) is 2.18. The lowest BCUT2D eigenvalue weighted by Gasteiger charge is -1.95. The number of nitrogens with one attached hydrogen (secondary N) is 2. The highest BCUT2D eigenvalue weighted by Gasteiger charge is 2.22. The van der Waals surface area contributed by atoms with Crippen LogP contribution in [0.4, 0.5) is 4.79 Å². The average Bonchev–Trinajstić information content (AvgIpc) is 3.14. The van der Waals surface area contributed by atoms with Crippen LogP contribution in [0, 0.1) is 0 Å². The van der Waals surface area contributed by atoms with Gasteiger partial charge in [0.1, 0.15) is 0 Å². The van der Waals surface area contributed by atoms with Crippen LogP contribution < -0.4 is 22.5 Å². The van der Waals surface area contributed by atoms with Crippen molar-refractivity contribution in [3.63, 3.8) is 0 Å². The Balaban J connectivity index is 0.000000187. The molecular weight excluding hydrogens is 228 g/mol. The van der Waals surface area contributed by atoms with Crippen molar-refractivity contribution >= 4 is 17.6 Å². The van der Waals surface area contributed by atoms with Crippen LogP contribution in [0.1, 0.15) is 24.3 Å². The number of carbonyl (C=O) groups is 1. The van der Waals surface area contributed by atoms with Gasteiger partial charge in [0.2, 0.25) is 0 Å². The first-order valence-corrected chi connectivity index (χ1v) is 5.27. The van der Waals surface area contributed by atoms with Gasteiger partial charge in [0.25, 0.3) is 0 Å². The van der Waals surface area contributed by atoms with Crippen molar-refractivity contribution in [2.24, 2.45) is 11.7 Å². The molecule has 0 saturated heterocycles. The molecule has 5 nitrogen and oxygen atoms in total. The van der Waals surface area contributed by atoms with E-state index in [1.807, 2.05) is 12.1 Å². The second-order valence-electron chi connectivity index (χ2n) is 3.44. The minimum atomic E-state index is -0.602. The summed E-state index contributed by atoms with van der Waals surface area (Å²) in [5.41, 5.74) is 4.93. The predicted octanol–water partition coefficient (Wildman–Crippen LogP) is 1.25. The molecular formula is C10H15ClN4O. The van der Waals surface area contributed by atoms with Gasteiger partial charge in [-0.2, -0.15) is 0 Å². The third kappa shape index (κ3) is 4.48. The van der Waals surface area contributed by atoms with E-state index in [2.05, 4.69) is 23.8 Å². The highest BCUT2D eigenvalue weighted by Crippen LogP contribution is 2.40. The zero-order chi connectivity index (χ0) is 12.0. The Morgan fingerprint density at radius 2 is 1.69 bits per heavy atom. The summed E-state index contributed by atoms with van der Waals surface area (Å²) in [5.74, 6) is 9.93. The summed E-state index contributed by atoms with van der Waals surface area (Å²) in [5, 5.41) is 0.837. The van der Waals surface area contributed by atoms with E-state index < -0.39 is 6.03 Å². The van der Waals surface area contributed by atoms with Crippen LogP contribution in [0.5, 0.6) is 0 Å². The SMILES string of the molecule is Clc1ccc(C2CC2)cc1.NNC(=O)NN. The van der Waals surface area contributed by atoms with E-state index in [9.17, 15) is 4.79 Å². The molecule has 0 aromatic heterocycles. The van der Waals surface area contributed by atoms with Crippen molar-refractivity contribution in [1.82, 2.24) is 10.9 Å². The Bertz CT molecular complexity index is 331. The number of amides is 2. The molecule has 6 N–H and O–H groups in total. The first-order valence-electron chi connectivity index (χ1n) is 4.90. The summed E-state index contributed by atoms with van der Waals surface area (Å²) < 4.78 is 0. The Morgan fingerprint density at radius 1 is 1.19 bits per heavy atom. The number of halogens is 1. The molecule has 0 atom stereocenters. The van der Waals surface area contributed by atoms with Crippen molar-refractivity contribution < 1.29 is 4.79 Å². The highest BCUT2D eigenvalue weighted by molar-refractivity contribution is 6.30. The van der Waals surface area contributed by atoms with Crippen LogP contribution in [0.15, 0.2) is 24.3 Å². The topological polar surface area (TPSA) is 93.2 Å². The summed E-state index contributed by atoms with van der Waals surface area (Å²) >= 11 is 5.74. The molecule has 1 aromatic carbocycles. The lowest BCUT2D eigenvalue weighted by Crippen LogP contribution is -2.43.